The lowest BCUT2D eigenvalue weighted by Gasteiger charge is -2.45. The van der Waals surface area contributed by atoms with Crippen molar-refractivity contribution in [1.82, 2.24) is 15.1 Å². The number of likely N-dealkylation sites (tertiary alicyclic amines) is 1. The van der Waals surface area contributed by atoms with E-state index in [0.29, 0.717) is 26.0 Å². The summed E-state index contributed by atoms with van der Waals surface area (Å²) in [5.41, 5.74) is -0.123. The van der Waals surface area contributed by atoms with Crippen LogP contribution >= 0.6 is 0 Å². The molecule has 3 heterocycles. The van der Waals surface area contributed by atoms with E-state index in [-0.39, 0.29) is 17.4 Å². The first-order chi connectivity index (χ1) is 11.2. The molecule has 2 amide bonds. The summed E-state index contributed by atoms with van der Waals surface area (Å²) in [5, 5.41) is 3.35. The van der Waals surface area contributed by atoms with Crippen molar-refractivity contribution >= 4 is 11.8 Å². The van der Waals surface area contributed by atoms with Gasteiger partial charge in [0.2, 0.25) is 11.8 Å². The third kappa shape index (κ3) is 4.23. The van der Waals surface area contributed by atoms with Crippen LogP contribution in [0.4, 0.5) is 0 Å². The van der Waals surface area contributed by atoms with Crippen molar-refractivity contribution in [2.45, 2.75) is 50.5 Å². The average Bonchev–Trinajstić information content (AvgIpc) is 2.57. The van der Waals surface area contributed by atoms with E-state index in [4.69, 9.17) is 4.74 Å². The lowest BCUT2D eigenvalue weighted by atomic mass is 9.90. The summed E-state index contributed by atoms with van der Waals surface area (Å²) in [6, 6.07) is 0. The van der Waals surface area contributed by atoms with Gasteiger partial charge in [0.05, 0.1) is 12.2 Å². The summed E-state index contributed by atoms with van der Waals surface area (Å²) in [7, 11) is 0. The van der Waals surface area contributed by atoms with Gasteiger partial charge in [0.25, 0.3) is 0 Å². The predicted molar refractivity (Wildman–Crippen MR) is 87.0 cm³/mol. The van der Waals surface area contributed by atoms with Crippen LogP contribution in [0.3, 0.4) is 0 Å². The van der Waals surface area contributed by atoms with Crippen molar-refractivity contribution in [2.24, 2.45) is 0 Å². The normalized spacial score (nSPS) is 25.0. The van der Waals surface area contributed by atoms with Gasteiger partial charge in [0.15, 0.2) is 0 Å². The molecule has 6 heteroatoms. The number of carbonyl (C=O) groups is 2. The van der Waals surface area contributed by atoms with Crippen LogP contribution in [-0.2, 0) is 14.3 Å². The SMILES string of the molecule is O=C1CCCCN1CCCC(=O)N1CCOC2(CCNCC2)C1. The number of hydrogen-bond acceptors (Lipinski definition) is 4. The Bertz CT molecular complexity index is 429. The Kier molecular flexibility index (Phi) is 5.54. The molecule has 23 heavy (non-hydrogen) atoms. The molecule has 3 aliphatic rings. The summed E-state index contributed by atoms with van der Waals surface area (Å²) in [5.74, 6) is 0.472. The highest BCUT2D eigenvalue weighted by Crippen LogP contribution is 2.27. The lowest BCUT2D eigenvalue weighted by Crippen LogP contribution is -2.57. The summed E-state index contributed by atoms with van der Waals surface area (Å²) < 4.78 is 6.01. The van der Waals surface area contributed by atoms with Crippen LogP contribution in [0.5, 0.6) is 0 Å². The molecule has 0 atom stereocenters. The van der Waals surface area contributed by atoms with Crippen LogP contribution in [0.2, 0.25) is 0 Å². The maximum Gasteiger partial charge on any atom is 0.222 e. The number of carbonyl (C=O) groups excluding carboxylic acids is 2. The second-order valence-electron chi connectivity index (χ2n) is 7.04. The number of nitrogens with one attached hydrogen (secondary N) is 1. The molecular formula is C17H29N3O3. The molecule has 3 saturated heterocycles. The Hall–Kier alpha value is -1.14. The number of hydrogen-bond donors (Lipinski definition) is 1. The third-order valence-corrected chi connectivity index (χ3v) is 5.36. The van der Waals surface area contributed by atoms with E-state index in [1.807, 2.05) is 9.80 Å². The zero-order chi connectivity index (χ0) is 16.1. The fourth-order valence-electron chi connectivity index (χ4n) is 3.92. The number of piperidine rings is 2. The maximum atomic E-state index is 12.5. The summed E-state index contributed by atoms with van der Waals surface area (Å²) in [6.07, 6.45) is 6.07. The van der Waals surface area contributed by atoms with Gasteiger partial charge in [-0.2, -0.15) is 0 Å². The second kappa shape index (κ2) is 7.62. The quantitative estimate of drug-likeness (QED) is 0.830. The van der Waals surface area contributed by atoms with Crippen molar-refractivity contribution in [1.29, 1.82) is 0 Å². The van der Waals surface area contributed by atoms with E-state index in [1.54, 1.807) is 0 Å². The Morgan fingerprint density at radius 2 is 2.04 bits per heavy atom. The molecule has 0 saturated carbocycles. The fourth-order valence-corrected chi connectivity index (χ4v) is 3.92. The minimum absolute atomic E-state index is 0.123. The Morgan fingerprint density at radius 1 is 1.22 bits per heavy atom. The van der Waals surface area contributed by atoms with Crippen LogP contribution in [0.1, 0.15) is 44.9 Å². The molecule has 0 bridgehead atoms. The average molecular weight is 323 g/mol. The molecule has 1 spiro atoms. The van der Waals surface area contributed by atoms with E-state index in [0.717, 1.165) is 64.8 Å². The molecule has 6 nitrogen and oxygen atoms in total. The van der Waals surface area contributed by atoms with Crippen molar-refractivity contribution in [3.63, 3.8) is 0 Å². The lowest BCUT2D eigenvalue weighted by molar-refractivity contribution is -0.155. The van der Waals surface area contributed by atoms with Crippen molar-refractivity contribution < 1.29 is 14.3 Å². The molecule has 0 aliphatic carbocycles. The van der Waals surface area contributed by atoms with Crippen LogP contribution < -0.4 is 5.32 Å². The zero-order valence-electron chi connectivity index (χ0n) is 14.0. The van der Waals surface area contributed by atoms with Gasteiger partial charge in [0.1, 0.15) is 0 Å². The van der Waals surface area contributed by atoms with Crippen LogP contribution in [-0.4, -0.2) is 73.1 Å². The van der Waals surface area contributed by atoms with Gasteiger partial charge in [0, 0.05) is 39.0 Å². The first-order valence-electron chi connectivity index (χ1n) is 9.09. The highest BCUT2D eigenvalue weighted by molar-refractivity contribution is 5.77. The molecule has 3 aliphatic heterocycles. The summed E-state index contributed by atoms with van der Waals surface area (Å²) in [4.78, 5) is 28.2. The standard InChI is InChI=1S/C17H29N3O3/c21-15-4-1-2-10-19(15)11-3-5-16(22)20-12-13-23-17(14-20)6-8-18-9-7-17/h18H,1-14H2. The smallest absolute Gasteiger partial charge is 0.222 e. The topological polar surface area (TPSA) is 61.9 Å². The van der Waals surface area contributed by atoms with Crippen molar-refractivity contribution in [2.75, 3.05) is 45.9 Å². The number of ether oxygens (including phenoxy) is 1. The molecule has 3 rings (SSSR count). The van der Waals surface area contributed by atoms with Gasteiger partial charge in [-0.05, 0) is 45.2 Å². The van der Waals surface area contributed by atoms with Gasteiger partial charge in [-0.15, -0.1) is 0 Å². The van der Waals surface area contributed by atoms with Crippen LogP contribution in [0, 0.1) is 0 Å². The van der Waals surface area contributed by atoms with Gasteiger partial charge in [-0.1, -0.05) is 0 Å². The third-order valence-electron chi connectivity index (χ3n) is 5.36. The fraction of sp³-hybridized carbons (Fsp3) is 0.882. The highest BCUT2D eigenvalue weighted by Gasteiger charge is 2.39. The molecule has 3 fully saturated rings. The largest absolute Gasteiger partial charge is 0.371 e. The van der Waals surface area contributed by atoms with E-state index >= 15 is 0 Å². The molecule has 0 aromatic carbocycles. The molecule has 130 valence electrons. The molecule has 0 aromatic heterocycles. The van der Waals surface area contributed by atoms with Crippen LogP contribution in [0.15, 0.2) is 0 Å². The Balaban J connectivity index is 1.43. The van der Waals surface area contributed by atoms with E-state index in [9.17, 15) is 9.59 Å². The van der Waals surface area contributed by atoms with Gasteiger partial charge in [-0.3, -0.25) is 9.59 Å². The molecule has 0 unspecified atom stereocenters. The van der Waals surface area contributed by atoms with E-state index in [2.05, 4.69) is 5.32 Å². The van der Waals surface area contributed by atoms with E-state index < -0.39 is 0 Å². The Morgan fingerprint density at radius 3 is 2.83 bits per heavy atom. The number of morpholine rings is 1. The van der Waals surface area contributed by atoms with Crippen LogP contribution in [0.25, 0.3) is 0 Å². The maximum absolute atomic E-state index is 12.5. The number of rotatable bonds is 4. The summed E-state index contributed by atoms with van der Waals surface area (Å²) in [6.45, 7) is 5.62. The van der Waals surface area contributed by atoms with Crippen molar-refractivity contribution in [3.05, 3.63) is 0 Å². The minimum Gasteiger partial charge on any atom is -0.371 e. The molecule has 0 aromatic rings. The van der Waals surface area contributed by atoms with Gasteiger partial charge < -0.3 is 19.9 Å². The predicted octanol–water partition coefficient (Wildman–Crippen LogP) is 0.760. The number of nitrogens with zero attached hydrogens (tertiary/aromatic N) is 2. The van der Waals surface area contributed by atoms with Gasteiger partial charge >= 0.3 is 0 Å². The highest BCUT2D eigenvalue weighted by atomic mass is 16.5. The zero-order valence-corrected chi connectivity index (χ0v) is 14.0. The minimum atomic E-state index is -0.123. The monoisotopic (exact) mass is 323 g/mol. The van der Waals surface area contributed by atoms with Crippen molar-refractivity contribution in [3.8, 4) is 0 Å². The summed E-state index contributed by atoms with van der Waals surface area (Å²) >= 11 is 0. The molecular weight excluding hydrogens is 294 g/mol. The Labute approximate surface area is 138 Å². The van der Waals surface area contributed by atoms with E-state index in [1.165, 1.54) is 0 Å². The first-order valence-corrected chi connectivity index (χ1v) is 9.09. The first kappa shape index (κ1) is 16.7. The number of amides is 2. The molecule has 0 radical (unpaired) electrons. The second-order valence-corrected chi connectivity index (χ2v) is 7.04. The molecule has 1 N–H and O–H groups in total. The van der Waals surface area contributed by atoms with Gasteiger partial charge in [-0.25, -0.2) is 0 Å².